The first-order valence-electron chi connectivity index (χ1n) is 6.42. The molecule has 0 amide bonds. The third-order valence-corrected chi connectivity index (χ3v) is 4.94. The predicted molar refractivity (Wildman–Crippen MR) is 76.0 cm³/mol. The van der Waals surface area contributed by atoms with Gasteiger partial charge in [0.2, 0.25) is 11.9 Å². The molecule has 8 nitrogen and oxygen atoms in total. The second-order valence-electron chi connectivity index (χ2n) is 4.64. The molecule has 1 aliphatic heterocycles. The largest absolute Gasteiger partial charge is 0.467 e. The maximum absolute atomic E-state index is 11.6. The maximum Gasteiger partial charge on any atom is 0.322 e. The van der Waals surface area contributed by atoms with E-state index in [1.54, 1.807) is 11.9 Å². The normalized spacial score (nSPS) is 20.6. The summed E-state index contributed by atoms with van der Waals surface area (Å²) in [5, 5.41) is 3.00. The van der Waals surface area contributed by atoms with Gasteiger partial charge in [-0.15, -0.1) is 0 Å². The molecule has 1 unspecified atom stereocenters. The zero-order valence-corrected chi connectivity index (χ0v) is 12.6. The van der Waals surface area contributed by atoms with Gasteiger partial charge in [-0.1, -0.05) is 0 Å². The van der Waals surface area contributed by atoms with Gasteiger partial charge in [0.05, 0.1) is 18.6 Å². The van der Waals surface area contributed by atoms with Crippen LogP contribution in [0, 0.1) is 0 Å². The average Bonchev–Trinajstić information content (AvgIpc) is 2.78. The average molecular weight is 301 g/mol. The number of rotatable bonds is 5. The van der Waals surface area contributed by atoms with Gasteiger partial charge in [0, 0.05) is 19.6 Å². The molecule has 0 aromatic carbocycles. The van der Waals surface area contributed by atoms with Crippen molar-refractivity contribution in [1.29, 1.82) is 0 Å². The van der Waals surface area contributed by atoms with E-state index in [1.807, 2.05) is 6.92 Å². The van der Waals surface area contributed by atoms with Crippen molar-refractivity contribution in [1.82, 2.24) is 15.0 Å². The smallest absolute Gasteiger partial charge is 0.322 e. The molecule has 1 N–H and O–H groups in total. The summed E-state index contributed by atoms with van der Waals surface area (Å²) < 4.78 is 28.2. The second kappa shape index (κ2) is 5.78. The van der Waals surface area contributed by atoms with Crippen LogP contribution in [0.5, 0.6) is 6.01 Å². The van der Waals surface area contributed by atoms with E-state index in [2.05, 4.69) is 20.3 Å². The minimum Gasteiger partial charge on any atom is -0.467 e. The summed E-state index contributed by atoms with van der Waals surface area (Å²) >= 11 is 0. The lowest BCUT2D eigenvalue weighted by molar-refractivity contribution is 0.378. The predicted octanol–water partition coefficient (Wildman–Crippen LogP) is -0.0647. The van der Waals surface area contributed by atoms with Crippen molar-refractivity contribution in [3.05, 3.63) is 0 Å². The Hall–Kier alpha value is -1.64. The van der Waals surface area contributed by atoms with Crippen LogP contribution in [0.3, 0.4) is 0 Å². The highest BCUT2D eigenvalue weighted by atomic mass is 32.2. The first-order chi connectivity index (χ1) is 9.45. The molecule has 1 aromatic rings. The van der Waals surface area contributed by atoms with Gasteiger partial charge in [-0.05, 0) is 13.3 Å². The Kier molecular flexibility index (Phi) is 4.26. The van der Waals surface area contributed by atoms with Gasteiger partial charge in [-0.3, -0.25) is 0 Å². The molecule has 0 bridgehead atoms. The van der Waals surface area contributed by atoms with E-state index in [0.29, 0.717) is 24.9 Å². The molecule has 1 atom stereocenters. The van der Waals surface area contributed by atoms with Crippen LogP contribution >= 0.6 is 0 Å². The fourth-order valence-electron chi connectivity index (χ4n) is 2.08. The van der Waals surface area contributed by atoms with Gasteiger partial charge in [0.15, 0.2) is 9.84 Å². The van der Waals surface area contributed by atoms with Crippen molar-refractivity contribution >= 4 is 21.7 Å². The van der Waals surface area contributed by atoms with Crippen LogP contribution in [0.2, 0.25) is 0 Å². The van der Waals surface area contributed by atoms with Crippen LogP contribution in [0.15, 0.2) is 0 Å². The Bertz CT molecular complexity index is 577. The van der Waals surface area contributed by atoms with Gasteiger partial charge < -0.3 is 15.0 Å². The summed E-state index contributed by atoms with van der Waals surface area (Å²) in [7, 11) is 0.324. The zero-order chi connectivity index (χ0) is 14.8. The third-order valence-electron chi connectivity index (χ3n) is 3.19. The topological polar surface area (TPSA) is 97.3 Å². The minimum absolute atomic E-state index is 0.110. The van der Waals surface area contributed by atoms with Crippen molar-refractivity contribution in [2.24, 2.45) is 0 Å². The molecule has 1 fully saturated rings. The number of hydrogen-bond donors (Lipinski definition) is 1. The molecule has 0 saturated carbocycles. The number of nitrogens with zero attached hydrogens (tertiary/aromatic N) is 4. The van der Waals surface area contributed by atoms with Crippen molar-refractivity contribution in [3.63, 3.8) is 0 Å². The Morgan fingerprint density at radius 1 is 1.40 bits per heavy atom. The SMILES string of the molecule is CCNc1nc(OC)nc(N(C)C2CCS(=O)(=O)C2)n1. The lowest BCUT2D eigenvalue weighted by atomic mass is 10.2. The number of methoxy groups -OCH3 is 1. The summed E-state index contributed by atoms with van der Waals surface area (Å²) in [5.41, 5.74) is 0. The van der Waals surface area contributed by atoms with Crippen LogP contribution < -0.4 is 15.0 Å². The van der Waals surface area contributed by atoms with Crippen LogP contribution in [0.1, 0.15) is 13.3 Å². The lowest BCUT2D eigenvalue weighted by Crippen LogP contribution is -2.34. The lowest BCUT2D eigenvalue weighted by Gasteiger charge is -2.23. The fraction of sp³-hybridized carbons (Fsp3) is 0.727. The highest BCUT2D eigenvalue weighted by molar-refractivity contribution is 7.91. The molecule has 9 heteroatoms. The number of ether oxygens (including phenoxy) is 1. The summed E-state index contributed by atoms with van der Waals surface area (Å²) in [6, 6.07) is 0.0974. The van der Waals surface area contributed by atoms with Gasteiger partial charge in [-0.25, -0.2) is 8.42 Å². The molecule has 112 valence electrons. The van der Waals surface area contributed by atoms with Crippen LogP contribution in [0.4, 0.5) is 11.9 Å². The van der Waals surface area contributed by atoms with Crippen LogP contribution in [-0.2, 0) is 9.84 Å². The van der Waals surface area contributed by atoms with Crippen LogP contribution in [0.25, 0.3) is 0 Å². The highest BCUT2D eigenvalue weighted by Gasteiger charge is 2.32. The number of nitrogens with one attached hydrogen (secondary N) is 1. The summed E-state index contributed by atoms with van der Waals surface area (Å²) in [5.74, 6) is 1.18. The standard InChI is InChI=1S/C11H19N5O3S/c1-4-12-9-13-10(15-11(14-9)19-3)16(2)8-5-6-20(17,18)7-8/h8H,4-7H2,1-3H3,(H,12,13,14,15). The van der Waals surface area contributed by atoms with Gasteiger partial charge in [-0.2, -0.15) is 15.0 Å². The number of sulfone groups is 1. The van der Waals surface area contributed by atoms with Crippen molar-refractivity contribution < 1.29 is 13.2 Å². The highest BCUT2D eigenvalue weighted by Crippen LogP contribution is 2.22. The molecule has 1 aliphatic rings. The molecule has 2 heterocycles. The van der Waals surface area contributed by atoms with Gasteiger partial charge >= 0.3 is 6.01 Å². The van der Waals surface area contributed by atoms with E-state index in [-0.39, 0.29) is 23.6 Å². The maximum atomic E-state index is 11.6. The minimum atomic E-state index is -2.94. The van der Waals surface area contributed by atoms with E-state index in [9.17, 15) is 8.42 Å². The first-order valence-corrected chi connectivity index (χ1v) is 8.24. The Morgan fingerprint density at radius 2 is 2.15 bits per heavy atom. The van der Waals surface area contributed by atoms with Gasteiger partial charge in [0.25, 0.3) is 0 Å². The second-order valence-corrected chi connectivity index (χ2v) is 6.87. The molecule has 0 radical (unpaired) electrons. The van der Waals surface area contributed by atoms with Crippen molar-refractivity contribution in [2.45, 2.75) is 19.4 Å². The Labute approximate surface area is 118 Å². The molecule has 1 saturated heterocycles. The summed E-state index contributed by atoms with van der Waals surface area (Å²) in [6.07, 6.45) is 0.587. The van der Waals surface area contributed by atoms with Crippen molar-refractivity contribution in [2.75, 3.05) is 42.4 Å². The molecule has 0 spiro atoms. The fourth-order valence-corrected chi connectivity index (χ4v) is 3.85. The monoisotopic (exact) mass is 301 g/mol. The number of hydrogen-bond acceptors (Lipinski definition) is 8. The molecule has 0 aliphatic carbocycles. The molecular formula is C11H19N5O3S. The number of anilines is 2. The molecule has 2 rings (SSSR count). The van der Waals surface area contributed by atoms with E-state index in [0.717, 1.165) is 0 Å². The first kappa shape index (κ1) is 14.8. The molecule has 1 aromatic heterocycles. The molecular weight excluding hydrogens is 282 g/mol. The van der Waals surface area contributed by atoms with Crippen molar-refractivity contribution in [3.8, 4) is 6.01 Å². The van der Waals surface area contributed by atoms with E-state index in [4.69, 9.17) is 4.74 Å². The quantitative estimate of drug-likeness (QED) is 0.807. The van der Waals surface area contributed by atoms with E-state index in [1.165, 1.54) is 7.11 Å². The Balaban J connectivity index is 2.24. The van der Waals surface area contributed by atoms with E-state index < -0.39 is 9.84 Å². The Morgan fingerprint density at radius 3 is 2.70 bits per heavy atom. The summed E-state index contributed by atoms with van der Waals surface area (Å²) in [4.78, 5) is 14.3. The zero-order valence-electron chi connectivity index (χ0n) is 11.8. The number of aromatic nitrogens is 3. The van der Waals surface area contributed by atoms with Crippen LogP contribution in [-0.4, -0.2) is 61.6 Å². The van der Waals surface area contributed by atoms with Gasteiger partial charge in [0.1, 0.15) is 0 Å². The summed E-state index contributed by atoms with van der Waals surface area (Å²) in [6.45, 7) is 2.61. The third kappa shape index (κ3) is 3.27. The van der Waals surface area contributed by atoms with E-state index >= 15 is 0 Å². The molecule has 20 heavy (non-hydrogen) atoms.